The number of hydrogen-bond acceptors (Lipinski definition) is 7. The van der Waals surface area contributed by atoms with Crippen LogP contribution < -0.4 is 25.8 Å². The molecule has 0 aliphatic carbocycles. The van der Waals surface area contributed by atoms with Crippen LogP contribution in [0.3, 0.4) is 0 Å². The smallest absolute Gasteiger partial charge is 0.319 e. The van der Waals surface area contributed by atoms with Crippen LogP contribution in [-0.2, 0) is 19.0 Å². The molecule has 2 fully saturated rings. The van der Waals surface area contributed by atoms with Crippen molar-refractivity contribution < 1.29 is 33.3 Å². The van der Waals surface area contributed by atoms with Crippen molar-refractivity contribution in [2.45, 2.75) is 24.4 Å². The van der Waals surface area contributed by atoms with Gasteiger partial charge in [0.15, 0.2) is 0 Å². The lowest BCUT2D eigenvalue weighted by Crippen LogP contribution is -2.46. The first kappa shape index (κ1) is 19.2. The second-order valence-corrected chi connectivity index (χ2v) is 6.22. The van der Waals surface area contributed by atoms with Gasteiger partial charge in [-0.2, -0.15) is 0 Å². The third-order valence-corrected chi connectivity index (χ3v) is 4.37. The quantitative estimate of drug-likeness (QED) is 0.599. The Bertz CT molecular complexity index is 677. The largest absolute Gasteiger partial charge is 0.497 e. The maximum atomic E-state index is 12.3. The van der Waals surface area contributed by atoms with Gasteiger partial charge in [0.2, 0.25) is 5.91 Å². The molecule has 4 N–H and O–H groups in total. The number of carbonyl (C=O) groups excluding carboxylic acids is 2. The molecule has 27 heavy (non-hydrogen) atoms. The van der Waals surface area contributed by atoms with Crippen LogP contribution in [0, 0.1) is 0 Å². The third-order valence-electron chi connectivity index (χ3n) is 4.37. The standard InChI is InChI=1S/C17H23N3O7/c1-23-10-3-9(4-11(5-10)24-2)19-17(22)20-12-6-26-16-13(7-27-15(12)16)25-8-14(18)21/h3-5,12-13,15-16H,6-8H2,1-2H3,(H2,18,21)(H2,19,20,22). The highest BCUT2D eigenvalue weighted by Gasteiger charge is 2.48. The van der Waals surface area contributed by atoms with Crippen molar-refractivity contribution >= 4 is 17.6 Å². The average Bonchev–Trinajstić information content (AvgIpc) is 3.22. The molecule has 148 valence electrons. The molecule has 3 amide bonds. The number of nitrogens with one attached hydrogen (secondary N) is 2. The van der Waals surface area contributed by atoms with Gasteiger partial charge in [0.1, 0.15) is 36.4 Å². The number of hydrogen-bond donors (Lipinski definition) is 3. The maximum Gasteiger partial charge on any atom is 0.319 e. The van der Waals surface area contributed by atoms with Crippen LogP contribution in [-0.4, -0.2) is 70.3 Å². The normalized spacial score (nSPS) is 26.3. The molecule has 0 bridgehead atoms. The summed E-state index contributed by atoms with van der Waals surface area (Å²) in [6, 6.07) is 4.30. The summed E-state index contributed by atoms with van der Waals surface area (Å²) in [6.07, 6.45) is -1.10. The van der Waals surface area contributed by atoms with Gasteiger partial charge in [0.25, 0.3) is 0 Å². The molecule has 0 saturated carbocycles. The van der Waals surface area contributed by atoms with Gasteiger partial charge in [-0.15, -0.1) is 0 Å². The van der Waals surface area contributed by atoms with E-state index in [1.54, 1.807) is 18.2 Å². The lowest BCUT2D eigenvalue weighted by Gasteiger charge is -2.18. The van der Waals surface area contributed by atoms with Gasteiger partial charge >= 0.3 is 6.03 Å². The highest BCUT2D eigenvalue weighted by molar-refractivity contribution is 5.90. The minimum atomic E-state index is -0.556. The molecule has 2 aliphatic rings. The summed E-state index contributed by atoms with van der Waals surface area (Å²) in [5.41, 5.74) is 5.61. The van der Waals surface area contributed by atoms with Gasteiger partial charge in [0.05, 0.1) is 33.5 Å². The van der Waals surface area contributed by atoms with Crippen molar-refractivity contribution in [2.75, 3.05) is 39.4 Å². The second kappa shape index (κ2) is 8.42. The molecule has 0 spiro atoms. The molecule has 1 aromatic carbocycles. The number of ether oxygens (including phenoxy) is 5. The van der Waals surface area contributed by atoms with Crippen molar-refractivity contribution in [1.82, 2.24) is 5.32 Å². The summed E-state index contributed by atoms with van der Waals surface area (Å²) in [7, 11) is 3.06. The highest BCUT2D eigenvalue weighted by atomic mass is 16.6. The van der Waals surface area contributed by atoms with Gasteiger partial charge in [-0.1, -0.05) is 0 Å². The third kappa shape index (κ3) is 4.59. The first-order valence-corrected chi connectivity index (χ1v) is 8.44. The van der Waals surface area contributed by atoms with Crippen molar-refractivity contribution in [3.63, 3.8) is 0 Å². The van der Waals surface area contributed by atoms with E-state index < -0.39 is 11.9 Å². The van der Waals surface area contributed by atoms with Gasteiger partial charge in [-0.05, 0) is 0 Å². The van der Waals surface area contributed by atoms with Crippen molar-refractivity contribution in [1.29, 1.82) is 0 Å². The zero-order valence-electron chi connectivity index (χ0n) is 15.1. The van der Waals surface area contributed by atoms with Crippen molar-refractivity contribution in [3.8, 4) is 11.5 Å². The zero-order chi connectivity index (χ0) is 19.4. The Balaban J connectivity index is 1.56. The summed E-state index contributed by atoms with van der Waals surface area (Å²) in [6.45, 7) is 0.354. The Morgan fingerprint density at radius 2 is 1.78 bits per heavy atom. The summed E-state index contributed by atoms with van der Waals surface area (Å²) >= 11 is 0. The van der Waals surface area contributed by atoms with Gasteiger partial charge in [-0.25, -0.2) is 4.79 Å². The van der Waals surface area contributed by atoms with Gasteiger partial charge in [0, 0.05) is 23.9 Å². The van der Waals surface area contributed by atoms with Crippen molar-refractivity contribution in [2.24, 2.45) is 5.73 Å². The SMILES string of the molecule is COc1cc(NC(=O)NC2COC3C(OCC(N)=O)COC23)cc(OC)c1. The highest BCUT2D eigenvalue weighted by Crippen LogP contribution is 2.29. The fourth-order valence-corrected chi connectivity index (χ4v) is 3.14. The number of nitrogens with two attached hydrogens (primary N) is 1. The monoisotopic (exact) mass is 381 g/mol. The number of fused-ring (bicyclic) bond motifs is 1. The first-order chi connectivity index (χ1) is 13.0. The van der Waals surface area contributed by atoms with Crippen LogP contribution in [0.2, 0.25) is 0 Å². The molecule has 2 heterocycles. The molecule has 3 rings (SSSR count). The number of benzene rings is 1. The zero-order valence-corrected chi connectivity index (χ0v) is 15.1. The Morgan fingerprint density at radius 3 is 2.41 bits per heavy atom. The van der Waals surface area contributed by atoms with Crippen molar-refractivity contribution in [3.05, 3.63) is 18.2 Å². The van der Waals surface area contributed by atoms with E-state index >= 15 is 0 Å². The average molecular weight is 381 g/mol. The number of rotatable bonds is 7. The Morgan fingerprint density at radius 1 is 1.11 bits per heavy atom. The molecule has 0 radical (unpaired) electrons. The van der Waals surface area contributed by atoms with E-state index in [2.05, 4.69) is 10.6 Å². The van der Waals surface area contributed by atoms with E-state index in [0.717, 1.165) is 0 Å². The molecule has 10 heteroatoms. The summed E-state index contributed by atoms with van der Waals surface area (Å²) in [4.78, 5) is 23.2. The second-order valence-electron chi connectivity index (χ2n) is 6.22. The Kier molecular flexibility index (Phi) is 5.99. The molecule has 4 atom stereocenters. The number of anilines is 1. The lowest BCUT2D eigenvalue weighted by atomic mass is 10.1. The lowest BCUT2D eigenvalue weighted by molar-refractivity contribution is -0.126. The maximum absolute atomic E-state index is 12.3. The number of urea groups is 1. The van der Waals surface area contributed by atoms with Crippen LogP contribution in [0.5, 0.6) is 11.5 Å². The number of methoxy groups -OCH3 is 2. The topological polar surface area (TPSA) is 130 Å². The van der Waals surface area contributed by atoms with E-state index in [-0.39, 0.29) is 44.2 Å². The summed E-state index contributed by atoms with van der Waals surface area (Å²) in [5, 5.41) is 5.57. The van der Waals surface area contributed by atoms with Crippen LogP contribution in [0.15, 0.2) is 18.2 Å². The van der Waals surface area contributed by atoms with Gasteiger partial charge in [-0.3, -0.25) is 4.79 Å². The van der Waals surface area contributed by atoms with E-state index in [4.69, 9.17) is 29.4 Å². The molecule has 10 nitrogen and oxygen atoms in total. The van der Waals surface area contributed by atoms with E-state index in [1.807, 2.05) is 0 Å². The molecular weight excluding hydrogens is 358 g/mol. The molecule has 2 aliphatic heterocycles. The summed E-state index contributed by atoms with van der Waals surface area (Å²) < 4.78 is 27.1. The molecule has 2 saturated heterocycles. The molecule has 1 aromatic rings. The van der Waals surface area contributed by atoms with Gasteiger partial charge < -0.3 is 40.1 Å². The summed E-state index contributed by atoms with van der Waals surface area (Å²) in [5.74, 6) is 0.559. The molecule has 0 aromatic heterocycles. The van der Waals surface area contributed by atoms with Crippen LogP contribution in [0.25, 0.3) is 0 Å². The number of primary amides is 1. The predicted octanol–water partition coefficient (Wildman–Crippen LogP) is -0.138. The molecule has 4 unspecified atom stereocenters. The predicted molar refractivity (Wildman–Crippen MR) is 93.9 cm³/mol. The Labute approximate surface area is 156 Å². The number of amides is 3. The molecular formula is C17H23N3O7. The minimum absolute atomic E-state index is 0.198. The number of carbonyl (C=O) groups is 2. The van der Waals surface area contributed by atoms with E-state index in [9.17, 15) is 9.59 Å². The van der Waals surface area contributed by atoms with Crippen LogP contribution in [0.1, 0.15) is 0 Å². The van der Waals surface area contributed by atoms with E-state index in [0.29, 0.717) is 17.2 Å². The van der Waals surface area contributed by atoms with Crippen LogP contribution in [0.4, 0.5) is 10.5 Å². The Hall–Kier alpha value is -2.56. The van der Waals surface area contributed by atoms with E-state index in [1.165, 1.54) is 14.2 Å². The fourth-order valence-electron chi connectivity index (χ4n) is 3.14. The fraction of sp³-hybridized carbons (Fsp3) is 0.529. The minimum Gasteiger partial charge on any atom is -0.497 e. The van der Waals surface area contributed by atoms with Crippen LogP contribution >= 0.6 is 0 Å². The first-order valence-electron chi connectivity index (χ1n) is 8.44.